The van der Waals surface area contributed by atoms with E-state index in [0.717, 1.165) is 0 Å². The van der Waals surface area contributed by atoms with Crippen LogP contribution in [0, 0.1) is 0 Å². The largest absolute Gasteiger partial charge is 0.457 e. The van der Waals surface area contributed by atoms with Gasteiger partial charge in [0.1, 0.15) is 23.4 Å². The van der Waals surface area contributed by atoms with Crippen molar-refractivity contribution in [1.82, 2.24) is 20.2 Å². The van der Waals surface area contributed by atoms with Crippen molar-refractivity contribution in [3.05, 3.63) is 62.9 Å². The lowest BCUT2D eigenvalue weighted by molar-refractivity contribution is -0.114. The van der Waals surface area contributed by atoms with Gasteiger partial charge < -0.3 is 14.5 Å². The molecule has 0 saturated heterocycles. The maximum Gasteiger partial charge on any atom is 0.350 e. The number of fused-ring (bicyclic) bond motifs is 1. The van der Waals surface area contributed by atoms with Gasteiger partial charge in [-0.2, -0.15) is 4.68 Å². The number of anilines is 1. The number of carbonyl (C=O) groups is 2. The van der Waals surface area contributed by atoms with E-state index in [0.29, 0.717) is 27.2 Å². The van der Waals surface area contributed by atoms with Crippen LogP contribution in [0.1, 0.15) is 22.2 Å². The Hall–Kier alpha value is -3.86. The summed E-state index contributed by atoms with van der Waals surface area (Å²) < 4.78 is 12.0. The Morgan fingerprint density at radius 2 is 2.14 bits per heavy atom. The molecular weight excluding hydrogens is 398 g/mol. The van der Waals surface area contributed by atoms with E-state index in [2.05, 4.69) is 20.8 Å². The zero-order chi connectivity index (χ0) is 20.4. The highest BCUT2D eigenvalue weighted by Crippen LogP contribution is 2.24. The van der Waals surface area contributed by atoms with Crippen LogP contribution in [-0.4, -0.2) is 32.1 Å². The molecule has 4 aromatic rings. The first kappa shape index (κ1) is 18.5. The second-order valence-electron chi connectivity index (χ2n) is 5.95. The quantitative estimate of drug-likeness (QED) is 0.391. The van der Waals surface area contributed by atoms with Crippen LogP contribution in [0.4, 0.5) is 5.69 Å². The maximum atomic E-state index is 12.5. The molecule has 0 radical (unpaired) electrons. The smallest absolute Gasteiger partial charge is 0.350 e. The molecule has 0 atom stereocenters. The number of ether oxygens (including phenoxy) is 1. The summed E-state index contributed by atoms with van der Waals surface area (Å²) in [4.78, 5) is 36.0. The second-order valence-corrected chi connectivity index (χ2v) is 6.86. The number of hydrogen-bond acceptors (Lipinski definition) is 9. The predicted octanol–water partition coefficient (Wildman–Crippen LogP) is 2.15. The van der Waals surface area contributed by atoms with Crippen LogP contribution in [0.25, 0.3) is 16.7 Å². The highest BCUT2D eigenvalue weighted by atomic mass is 32.1. The van der Waals surface area contributed by atoms with E-state index in [-0.39, 0.29) is 18.1 Å². The average molecular weight is 411 g/mol. The van der Waals surface area contributed by atoms with Crippen LogP contribution < -0.4 is 10.9 Å². The molecule has 0 saturated carbocycles. The molecule has 4 rings (SSSR count). The van der Waals surface area contributed by atoms with Crippen molar-refractivity contribution >= 4 is 39.9 Å². The number of thiophene rings is 1. The molecule has 0 fully saturated rings. The van der Waals surface area contributed by atoms with E-state index < -0.39 is 11.6 Å². The zero-order valence-corrected chi connectivity index (χ0v) is 15.8. The molecule has 0 aliphatic carbocycles. The molecule has 29 heavy (non-hydrogen) atoms. The van der Waals surface area contributed by atoms with E-state index in [1.807, 2.05) is 0 Å². The molecule has 10 nitrogen and oxygen atoms in total. The molecule has 3 aromatic heterocycles. The lowest BCUT2D eigenvalue weighted by Gasteiger charge is -2.09. The standard InChI is InChI=1S/C18H13N5O5S/c1-10(24)20-12-2-3-13-11(6-16(25)28-15(13)7-12)8-27-18(26)17-14(4-5-29-17)23-9-19-21-22-23/h2-7,9H,8H2,1H3,(H,20,24). The van der Waals surface area contributed by atoms with Crippen molar-refractivity contribution in [1.29, 1.82) is 0 Å². The van der Waals surface area contributed by atoms with E-state index in [1.165, 1.54) is 35.3 Å². The molecule has 1 N–H and O–H groups in total. The van der Waals surface area contributed by atoms with Gasteiger partial charge >= 0.3 is 11.6 Å². The van der Waals surface area contributed by atoms with Crippen molar-refractivity contribution in [3.63, 3.8) is 0 Å². The maximum absolute atomic E-state index is 12.5. The second kappa shape index (κ2) is 7.64. The fourth-order valence-corrected chi connectivity index (χ4v) is 3.52. The van der Waals surface area contributed by atoms with Crippen LogP contribution >= 0.6 is 11.3 Å². The number of nitrogens with zero attached hydrogens (tertiary/aromatic N) is 4. The SMILES string of the molecule is CC(=O)Nc1ccc2c(COC(=O)c3sccc3-n3cnnn3)cc(=O)oc2c1. The third-order valence-corrected chi connectivity index (χ3v) is 4.82. The summed E-state index contributed by atoms with van der Waals surface area (Å²) >= 11 is 1.19. The monoisotopic (exact) mass is 411 g/mol. The Morgan fingerprint density at radius 3 is 2.90 bits per heavy atom. The van der Waals surface area contributed by atoms with Crippen molar-refractivity contribution in [2.45, 2.75) is 13.5 Å². The first-order valence-corrected chi connectivity index (χ1v) is 9.21. The Bertz CT molecular complexity index is 1260. The Morgan fingerprint density at radius 1 is 1.28 bits per heavy atom. The number of amides is 1. The number of benzene rings is 1. The van der Waals surface area contributed by atoms with Crippen molar-refractivity contribution in [3.8, 4) is 5.69 Å². The summed E-state index contributed by atoms with van der Waals surface area (Å²) in [5.41, 5.74) is 1.17. The van der Waals surface area contributed by atoms with E-state index in [9.17, 15) is 14.4 Å². The Labute approximate surface area is 166 Å². The molecule has 0 spiro atoms. The van der Waals surface area contributed by atoms with Crippen molar-refractivity contribution in [2.75, 3.05) is 5.32 Å². The van der Waals surface area contributed by atoms with Gasteiger partial charge in [-0.15, -0.1) is 16.4 Å². The summed E-state index contributed by atoms with van der Waals surface area (Å²) in [5.74, 6) is -0.812. The van der Waals surface area contributed by atoms with Crippen LogP contribution in [-0.2, 0) is 16.1 Å². The van der Waals surface area contributed by atoms with E-state index in [4.69, 9.17) is 9.15 Å². The molecule has 0 bridgehead atoms. The molecule has 3 heterocycles. The minimum Gasteiger partial charge on any atom is -0.457 e. The number of nitrogens with one attached hydrogen (secondary N) is 1. The number of esters is 1. The molecule has 1 amide bonds. The number of tetrazole rings is 1. The van der Waals surface area contributed by atoms with Gasteiger partial charge in [-0.3, -0.25) is 4.79 Å². The number of rotatable bonds is 5. The van der Waals surface area contributed by atoms with E-state index in [1.54, 1.807) is 29.6 Å². The third kappa shape index (κ3) is 3.89. The van der Waals surface area contributed by atoms with Gasteiger partial charge in [0.25, 0.3) is 0 Å². The molecule has 146 valence electrons. The van der Waals surface area contributed by atoms with Crippen LogP contribution in [0.15, 0.2) is 51.3 Å². The van der Waals surface area contributed by atoms with Gasteiger partial charge in [0, 0.05) is 35.7 Å². The molecular formula is C18H13N5O5S. The fourth-order valence-electron chi connectivity index (χ4n) is 2.75. The van der Waals surface area contributed by atoms with Gasteiger partial charge in [0.15, 0.2) is 0 Å². The van der Waals surface area contributed by atoms with Gasteiger partial charge in [0.05, 0.1) is 5.69 Å². The molecule has 0 aliphatic rings. The minimum absolute atomic E-state index is 0.132. The topological polar surface area (TPSA) is 129 Å². The Kier molecular flexibility index (Phi) is 4.87. The third-order valence-electron chi connectivity index (χ3n) is 3.94. The summed E-state index contributed by atoms with van der Waals surface area (Å²) in [6.07, 6.45) is 1.38. The van der Waals surface area contributed by atoms with Gasteiger partial charge in [0.2, 0.25) is 5.91 Å². The first-order valence-electron chi connectivity index (χ1n) is 8.33. The summed E-state index contributed by atoms with van der Waals surface area (Å²) in [6.45, 7) is 1.25. The van der Waals surface area contributed by atoms with Crippen LogP contribution in [0.2, 0.25) is 0 Å². The first-order chi connectivity index (χ1) is 14.0. The molecule has 0 aliphatic heterocycles. The van der Waals surface area contributed by atoms with Crippen LogP contribution in [0.5, 0.6) is 0 Å². The van der Waals surface area contributed by atoms with Crippen molar-refractivity contribution < 1.29 is 18.7 Å². The van der Waals surface area contributed by atoms with Gasteiger partial charge in [-0.1, -0.05) is 0 Å². The van der Waals surface area contributed by atoms with E-state index >= 15 is 0 Å². The summed E-state index contributed by atoms with van der Waals surface area (Å²) in [5, 5.41) is 15.8. The number of hydrogen-bond donors (Lipinski definition) is 1. The van der Waals surface area contributed by atoms with Gasteiger partial charge in [-0.05, 0) is 34.0 Å². The molecule has 11 heteroatoms. The lowest BCUT2D eigenvalue weighted by atomic mass is 10.1. The highest BCUT2D eigenvalue weighted by molar-refractivity contribution is 7.12. The zero-order valence-electron chi connectivity index (χ0n) is 15.0. The normalized spacial score (nSPS) is 10.8. The van der Waals surface area contributed by atoms with Gasteiger partial charge in [-0.25, -0.2) is 9.59 Å². The number of carbonyl (C=O) groups excluding carboxylic acids is 2. The predicted molar refractivity (Wildman–Crippen MR) is 103 cm³/mol. The average Bonchev–Trinajstić information content (AvgIpc) is 3.36. The number of aromatic nitrogens is 4. The molecule has 0 unspecified atom stereocenters. The molecule has 1 aromatic carbocycles. The highest BCUT2D eigenvalue weighted by Gasteiger charge is 2.18. The summed E-state index contributed by atoms with van der Waals surface area (Å²) in [7, 11) is 0. The summed E-state index contributed by atoms with van der Waals surface area (Å²) in [6, 6.07) is 7.87. The lowest BCUT2D eigenvalue weighted by Crippen LogP contribution is -2.10. The van der Waals surface area contributed by atoms with Crippen molar-refractivity contribution in [2.24, 2.45) is 0 Å². The van der Waals surface area contributed by atoms with Crippen LogP contribution in [0.3, 0.4) is 0 Å². The fraction of sp³-hybridized carbons (Fsp3) is 0.111. The Balaban J connectivity index is 1.59. The minimum atomic E-state index is -0.589.